The van der Waals surface area contributed by atoms with E-state index in [1.54, 1.807) is 0 Å². The minimum atomic E-state index is 0.315. The molecule has 1 aromatic carbocycles. The highest BCUT2D eigenvalue weighted by atomic mass is 16.2. The van der Waals surface area contributed by atoms with Gasteiger partial charge in [0.05, 0.1) is 0 Å². The Bertz CT molecular complexity index is 342. The van der Waals surface area contributed by atoms with Crippen LogP contribution in [0.5, 0.6) is 0 Å². The summed E-state index contributed by atoms with van der Waals surface area (Å²) in [6, 6.07) is 11.4. The zero-order valence-corrected chi connectivity index (χ0v) is 11.7. The van der Waals surface area contributed by atoms with Gasteiger partial charge in [-0.05, 0) is 44.3 Å². The van der Waals surface area contributed by atoms with Crippen LogP contribution in [0.3, 0.4) is 0 Å². The molecule has 0 saturated carbocycles. The monoisotopic (exact) mass is 262 g/mol. The molecule has 0 aliphatic carbocycles. The predicted molar refractivity (Wildman–Crippen MR) is 79.3 cm³/mol. The molecule has 1 saturated heterocycles. The summed E-state index contributed by atoms with van der Waals surface area (Å²) in [4.78, 5) is 2.55. The van der Waals surface area contributed by atoms with Gasteiger partial charge in [0.1, 0.15) is 0 Å². The summed E-state index contributed by atoms with van der Waals surface area (Å²) < 4.78 is 0. The van der Waals surface area contributed by atoms with Crippen molar-refractivity contribution in [3.05, 3.63) is 35.9 Å². The van der Waals surface area contributed by atoms with Crippen molar-refractivity contribution in [1.29, 1.82) is 0 Å². The van der Waals surface area contributed by atoms with Crippen molar-refractivity contribution in [1.82, 2.24) is 10.2 Å². The Morgan fingerprint density at radius 2 is 2.05 bits per heavy atom. The number of hydrogen-bond acceptors (Lipinski definition) is 3. The molecule has 19 heavy (non-hydrogen) atoms. The molecule has 1 aliphatic heterocycles. The molecule has 2 rings (SSSR count). The fourth-order valence-corrected chi connectivity index (χ4v) is 2.68. The van der Waals surface area contributed by atoms with E-state index in [1.165, 1.54) is 31.6 Å². The third-order valence-corrected chi connectivity index (χ3v) is 3.85. The molecule has 0 spiro atoms. The second-order valence-electron chi connectivity index (χ2n) is 5.41. The molecule has 3 heteroatoms. The Morgan fingerprint density at radius 1 is 1.21 bits per heavy atom. The van der Waals surface area contributed by atoms with E-state index in [-0.39, 0.29) is 0 Å². The van der Waals surface area contributed by atoms with Crippen molar-refractivity contribution in [2.45, 2.75) is 31.7 Å². The van der Waals surface area contributed by atoms with Crippen molar-refractivity contribution >= 4 is 0 Å². The third kappa shape index (κ3) is 5.31. The molecular formula is C16H26N2O. The maximum Gasteiger partial charge on any atom is 0.0431 e. The third-order valence-electron chi connectivity index (χ3n) is 3.85. The molecule has 1 heterocycles. The van der Waals surface area contributed by atoms with Crippen LogP contribution in [0.15, 0.2) is 30.3 Å². The largest absolute Gasteiger partial charge is 0.396 e. The van der Waals surface area contributed by atoms with Gasteiger partial charge in [0.2, 0.25) is 0 Å². The minimum absolute atomic E-state index is 0.315. The van der Waals surface area contributed by atoms with E-state index in [1.807, 2.05) is 0 Å². The van der Waals surface area contributed by atoms with Crippen LogP contribution < -0.4 is 5.32 Å². The van der Waals surface area contributed by atoms with Gasteiger partial charge in [0.25, 0.3) is 0 Å². The fraction of sp³-hybridized carbons (Fsp3) is 0.625. The van der Waals surface area contributed by atoms with E-state index >= 15 is 0 Å². The number of nitrogens with one attached hydrogen (secondary N) is 1. The van der Waals surface area contributed by atoms with E-state index in [9.17, 15) is 0 Å². The number of unbranched alkanes of at least 4 members (excludes halogenated alkanes) is 1. The summed E-state index contributed by atoms with van der Waals surface area (Å²) in [6.07, 6.45) is 4.40. The highest BCUT2D eigenvalue weighted by Crippen LogP contribution is 2.10. The van der Waals surface area contributed by atoms with Crippen molar-refractivity contribution in [3.63, 3.8) is 0 Å². The quantitative estimate of drug-likeness (QED) is 0.700. The SMILES string of the molecule is OCCCCNC1CCN(CCc2ccccc2)C1. The van der Waals surface area contributed by atoms with Crippen molar-refractivity contribution in [2.24, 2.45) is 0 Å². The van der Waals surface area contributed by atoms with E-state index in [0.717, 1.165) is 25.8 Å². The van der Waals surface area contributed by atoms with Crippen LogP contribution in [0.2, 0.25) is 0 Å². The Kier molecular flexibility index (Phi) is 6.34. The van der Waals surface area contributed by atoms with Crippen molar-refractivity contribution in [3.8, 4) is 0 Å². The van der Waals surface area contributed by atoms with Crippen LogP contribution in [0.25, 0.3) is 0 Å². The molecule has 0 radical (unpaired) electrons. The number of aliphatic hydroxyl groups excluding tert-OH is 1. The van der Waals surface area contributed by atoms with Gasteiger partial charge in [0.15, 0.2) is 0 Å². The standard InChI is InChI=1S/C16H26N2O/c19-13-5-4-10-17-16-9-12-18(14-16)11-8-15-6-2-1-3-7-15/h1-3,6-7,16-17,19H,4-5,8-14H2. The molecule has 0 amide bonds. The van der Waals surface area contributed by atoms with Gasteiger partial charge in [-0.1, -0.05) is 30.3 Å². The maximum absolute atomic E-state index is 8.74. The zero-order valence-electron chi connectivity index (χ0n) is 11.7. The molecular weight excluding hydrogens is 236 g/mol. The first-order valence-corrected chi connectivity index (χ1v) is 7.49. The van der Waals surface area contributed by atoms with Crippen LogP contribution in [0.1, 0.15) is 24.8 Å². The summed E-state index contributed by atoms with van der Waals surface area (Å²) in [5.41, 5.74) is 1.43. The highest BCUT2D eigenvalue weighted by Gasteiger charge is 2.20. The molecule has 1 fully saturated rings. The van der Waals surface area contributed by atoms with Crippen LogP contribution in [0, 0.1) is 0 Å². The first-order chi connectivity index (χ1) is 9.38. The first kappa shape index (κ1) is 14.5. The van der Waals surface area contributed by atoms with Crippen molar-refractivity contribution in [2.75, 3.05) is 32.8 Å². The number of hydrogen-bond donors (Lipinski definition) is 2. The lowest BCUT2D eigenvalue weighted by Gasteiger charge is -2.16. The second-order valence-corrected chi connectivity index (χ2v) is 5.41. The Balaban J connectivity index is 1.60. The van der Waals surface area contributed by atoms with Crippen molar-refractivity contribution < 1.29 is 5.11 Å². The van der Waals surface area contributed by atoms with E-state index in [2.05, 4.69) is 40.5 Å². The number of rotatable bonds is 8. The molecule has 1 aliphatic rings. The summed E-state index contributed by atoms with van der Waals surface area (Å²) in [7, 11) is 0. The van der Waals surface area contributed by atoms with E-state index in [4.69, 9.17) is 5.11 Å². The van der Waals surface area contributed by atoms with Gasteiger partial charge < -0.3 is 15.3 Å². The van der Waals surface area contributed by atoms with Gasteiger partial charge in [-0.25, -0.2) is 0 Å². The molecule has 1 atom stereocenters. The average molecular weight is 262 g/mol. The van der Waals surface area contributed by atoms with Crippen LogP contribution >= 0.6 is 0 Å². The van der Waals surface area contributed by atoms with Gasteiger partial charge in [-0.2, -0.15) is 0 Å². The van der Waals surface area contributed by atoms with E-state index < -0.39 is 0 Å². The topological polar surface area (TPSA) is 35.5 Å². The lowest BCUT2D eigenvalue weighted by Crippen LogP contribution is -2.33. The number of benzene rings is 1. The molecule has 3 nitrogen and oxygen atoms in total. The predicted octanol–water partition coefficient (Wildman–Crippen LogP) is 1.67. The van der Waals surface area contributed by atoms with Gasteiger partial charge in [-0.15, -0.1) is 0 Å². The lowest BCUT2D eigenvalue weighted by atomic mass is 10.1. The Hall–Kier alpha value is -0.900. The van der Waals surface area contributed by atoms with Crippen LogP contribution in [-0.4, -0.2) is 48.8 Å². The summed E-state index contributed by atoms with van der Waals surface area (Å²) >= 11 is 0. The number of likely N-dealkylation sites (tertiary alicyclic amines) is 1. The zero-order chi connectivity index (χ0) is 13.3. The fourth-order valence-electron chi connectivity index (χ4n) is 2.68. The molecule has 2 N–H and O–H groups in total. The molecule has 1 unspecified atom stereocenters. The molecule has 1 aromatic rings. The summed E-state index contributed by atoms with van der Waals surface area (Å²) in [6.45, 7) is 4.91. The average Bonchev–Trinajstić information content (AvgIpc) is 2.91. The number of nitrogens with zero attached hydrogens (tertiary/aromatic N) is 1. The van der Waals surface area contributed by atoms with Gasteiger partial charge in [-0.3, -0.25) is 0 Å². The Morgan fingerprint density at radius 3 is 2.84 bits per heavy atom. The maximum atomic E-state index is 8.74. The summed E-state index contributed by atoms with van der Waals surface area (Å²) in [5, 5.41) is 12.3. The smallest absolute Gasteiger partial charge is 0.0431 e. The molecule has 0 bridgehead atoms. The normalized spacial score (nSPS) is 19.9. The van der Waals surface area contributed by atoms with Gasteiger partial charge >= 0.3 is 0 Å². The molecule has 0 aromatic heterocycles. The van der Waals surface area contributed by atoms with Gasteiger partial charge in [0, 0.05) is 25.7 Å². The van der Waals surface area contributed by atoms with Crippen LogP contribution in [0.4, 0.5) is 0 Å². The number of aliphatic hydroxyl groups is 1. The Labute approximate surface area is 116 Å². The van der Waals surface area contributed by atoms with Crippen LogP contribution in [-0.2, 0) is 6.42 Å². The first-order valence-electron chi connectivity index (χ1n) is 7.49. The second kappa shape index (κ2) is 8.31. The lowest BCUT2D eigenvalue weighted by molar-refractivity contribution is 0.282. The minimum Gasteiger partial charge on any atom is -0.396 e. The molecule has 106 valence electrons. The van der Waals surface area contributed by atoms with E-state index in [0.29, 0.717) is 12.6 Å². The highest BCUT2D eigenvalue weighted by molar-refractivity contribution is 5.14. The summed E-state index contributed by atoms with van der Waals surface area (Å²) in [5.74, 6) is 0.